The highest BCUT2D eigenvalue weighted by Gasteiger charge is 2.10. The summed E-state index contributed by atoms with van der Waals surface area (Å²) in [5, 5.41) is 18.3. The van der Waals surface area contributed by atoms with Gasteiger partial charge >= 0.3 is 0 Å². The van der Waals surface area contributed by atoms with E-state index in [1.165, 1.54) is 6.07 Å². The molecule has 6 heteroatoms. The van der Waals surface area contributed by atoms with Crippen molar-refractivity contribution in [1.82, 2.24) is 10.3 Å². The van der Waals surface area contributed by atoms with E-state index < -0.39 is 0 Å². The van der Waals surface area contributed by atoms with Gasteiger partial charge in [0.25, 0.3) is 5.69 Å². The average molecular weight is 288 g/mol. The van der Waals surface area contributed by atoms with E-state index in [9.17, 15) is 10.1 Å². The Morgan fingerprint density at radius 2 is 2.10 bits per heavy atom. The van der Waals surface area contributed by atoms with Gasteiger partial charge in [-0.2, -0.15) is 0 Å². The number of hydrogen-bond acceptors (Lipinski definition) is 5. The molecule has 0 spiro atoms. The number of non-ortho nitro benzene ring substituents is 1. The first kappa shape index (κ1) is 15.2. The summed E-state index contributed by atoms with van der Waals surface area (Å²) >= 11 is 0. The van der Waals surface area contributed by atoms with Crippen LogP contribution in [0.5, 0.6) is 0 Å². The van der Waals surface area contributed by atoms with Crippen LogP contribution in [0.4, 0.5) is 11.4 Å². The number of pyridine rings is 1. The first-order chi connectivity index (χ1) is 10.1. The van der Waals surface area contributed by atoms with Crippen LogP contribution < -0.4 is 10.6 Å². The van der Waals surface area contributed by atoms with Gasteiger partial charge in [0.15, 0.2) is 0 Å². The number of anilines is 1. The Hall–Kier alpha value is -2.21. The highest BCUT2D eigenvalue weighted by molar-refractivity contribution is 5.93. The molecule has 0 atom stereocenters. The zero-order valence-electron chi connectivity index (χ0n) is 12.3. The molecule has 0 bridgehead atoms. The SMILES string of the molecule is CCNCCCNc1cc(C)nc2ccc([N+](=O)[O-])cc12. The van der Waals surface area contributed by atoms with Crippen LogP contribution in [-0.2, 0) is 0 Å². The minimum Gasteiger partial charge on any atom is -0.384 e. The van der Waals surface area contributed by atoms with Crippen LogP contribution in [0.25, 0.3) is 10.9 Å². The van der Waals surface area contributed by atoms with Crippen molar-refractivity contribution < 1.29 is 4.92 Å². The third kappa shape index (κ3) is 3.88. The Morgan fingerprint density at radius 1 is 1.29 bits per heavy atom. The third-order valence-electron chi connectivity index (χ3n) is 3.23. The van der Waals surface area contributed by atoms with E-state index in [-0.39, 0.29) is 10.6 Å². The number of benzene rings is 1. The summed E-state index contributed by atoms with van der Waals surface area (Å²) in [4.78, 5) is 15.0. The molecule has 2 rings (SSSR count). The molecule has 0 aliphatic heterocycles. The standard InChI is InChI=1S/C15H20N4O2/c1-3-16-7-4-8-17-15-9-11(2)18-14-6-5-12(19(20)21)10-13(14)15/h5-6,9-10,16H,3-4,7-8H2,1-2H3,(H,17,18). The van der Waals surface area contributed by atoms with Crippen LogP contribution in [0.1, 0.15) is 19.0 Å². The zero-order valence-corrected chi connectivity index (χ0v) is 12.3. The van der Waals surface area contributed by atoms with Crippen LogP contribution in [-0.4, -0.2) is 29.5 Å². The molecule has 0 saturated heterocycles. The Bertz CT molecular complexity index is 643. The maximum Gasteiger partial charge on any atom is 0.270 e. The maximum absolute atomic E-state index is 10.9. The Morgan fingerprint density at radius 3 is 2.81 bits per heavy atom. The molecule has 0 aliphatic carbocycles. The molecule has 112 valence electrons. The average Bonchev–Trinajstić information content (AvgIpc) is 2.46. The van der Waals surface area contributed by atoms with Crippen LogP contribution in [0.3, 0.4) is 0 Å². The number of fused-ring (bicyclic) bond motifs is 1. The fourth-order valence-electron chi connectivity index (χ4n) is 2.22. The Labute approximate surface area is 123 Å². The number of nitrogens with one attached hydrogen (secondary N) is 2. The number of aryl methyl sites for hydroxylation is 1. The van der Waals surface area contributed by atoms with Crippen molar-refractivity contribution in [2.45, 2.75) is 20.3 Å². The van der Waals surface area contributed by atoms with Crippen molar-refractivity contribution in [1.29, 1.82) is 0 Å². The highest BCUT2D eigenvalue weighted by Crippen LogP contribution is 2.27. The predicted molar refractivity (Wildman–Crippen MR) is 84.8 cm³/mol. The predicted octanol–water partition coefficient (Wildman–Crippen LogP) is 2.86. The van der Waals surface area contributed by atoms with Gasteiger partial charge in [-0.1, -0.05) is 6.92 Å². The summed E-state index contributed by atoms with van der Waals surface area (Å²) < 4.78 is 0. The number of aromatic nitrogens is 1. The minimum absolute atomic E-state index is 0.0869. The molecule has 0 aliphatic rings. The number of hydrogen-bond donors (Lipinski definition) is 2. The molecule has 1 heterocycles. The van der Waals surface area contributed by atoms with Crippen molar-refractivity contribution in [2.75, 3.05) is 25.0 Å². The largest absolute Gasteiger partial charge is 0.384 e. The fraction of sp³-hybridized carbons (Fsp3) is 0.400. The van der Waals surface area contributed by atoms with Crippen LogP contribution >= 0.6 is 0 Å². The van der Waals surface area contributed by atoms with Gasteiger partial charge < -0.3 is 10.6 Å². The lowest BCUT2D eigenvalue weighted by molar-refractivity contribution is -0.384. The van der Waals surface area contributed by atoms with E-state index in [0.717, 1.165) is 48.3 Å². The topological polar surface area (TPSA) is 80.1 Å². The number of nitro groups is 1. The highest BCUT2D eigenvalue weighted by atomic mass is 16.6. The maximum atomic E-state index is 10.9. The normalized spacial score (nSPS) is 10.8. The molecule has 0 fully saturated rings. The van der Waals surface area contributed by atoms with Crippen molar-refractivity contribution in [3.05, 3.63) is 40.1 Å². The number of nitrogens with zero attached hydrogens (tertiary/aromatic N) is 2. The van der Waals surface area contributed by atoms with Crippen molar-refractivity contribution in [3.8, 4) is 0 Å². The molecule has 2 N–H and O–H groups in total. The molecular weight excluding hydrogens is 268 g/mol. The second-order valence-electron chi connectivity index (χ2n) is 4.90. The van der Waals surface area contributed by atoms with Gasteiger partial charge in [0.05, 0.1) is 10.4 Å². The number of nitro benzene ring substituents is 1. The smallest absolute Gasteiger partial charge is 0.270 e. The van der Waals surface area contributed by atoms with Crippen molar-refractivity contribution >= 4 is 22.3 Å². The molecule has 21 heavy (non-hydrogen) atoms. The quantitative estimate of drug-likeness (QED) is 0.465. The second-order valence-corrected chi connectivity index (χ2v) is 4.90. The van der Waals surface area contributed by atoms with E-state index in [1.54, 1.807) is 12.1 Å². The van der Waals surface area contributed by atoms with Crippen LogP contribution in [0.2, 0.25) is 0 Å². The van der Waals surface area contributed by atoms with Crippen LogP contribution in [0.15, 0.2) is 24.3 Å². The van der Waals surface area contributed by atoms with E-state index in [0.29, 0.717) is 0 Å². The van der Waals surface area contributed by atoms with Gasteiger partial charge in [-0.05, 0) is 38.6 Å². The molecule has 2 aromatic rings. The van der Waals surface area contributed by atoms with E-state index in [1.807, 2.05) is 13.0 Å². The van der Waals surface area contributed by atoms with Gasteiger partial charge in [0.1, 0.15) is 0 Å². The summed E-state index contributed by atoms with van der Waals surface area (Å²) in [6.07, 6.45) is 0.992. The van der Waals surface area contributed by atoms with Crippen LogP contribution in [0, 0.1) is 17.0 Å². The summed E-state index contributed by atoms with van der Waals surface area (Å²) in [7, 11) is 0. The van der Waals surface area contributed by atoms with Gasteiger partial charge in [-0.15, -0.1) is 0 Å². The van der Waals surface area contributed by atoms with Crippen molar-refractivity contribution in [3.63, 3.8) is 0 Å². The molecule has 0 saturated carbocycles. The molecule has 1 aromatic carbocycles. The van der Waals surface area contributed by atoms with E-state index >= 15 is 0 Å². The van der Waals surface area contributed by atoms with Gasteiger partial charge in [-0.3, -0.25) is 15.1 Å². The fourth-order valence-corrected chi connectivity index (χ4v) is 2.22. The third-order valence-corrected chi connectivity index (χ3v) is 3.23. The van der Waals surface area contributed by atoms with E-state index in [2.05, 4.69) is 22.5 Å². The first-order valence-corrected chi connectivity index (χ1v) is 7.12. The molecular formula is C15H20N4O2. The molecule has 6 nitrogen and oxygen atoms in total. The molecule has 1 aromatic heterocycles. The summed E-state index contributed by atoms with van der Waals surface area (Å²) in [6.45, 7) is 6.72. The summed E-state index contributed by atoms with van der Waals surface area (Å²) in [5.41, 5.74) is 2.65. The second kappa shape index (κ2) is 6.99. The lowest BCUT2D eigenvalue weighted by Gasteiger charge is -2.11. The molecule has 0 amide bonds. The van der Waals surface area contributed by atoms with E-state index in [4.69, 9.17) is 0 Å². The number of rotatable bonds is 7. The zero-order chi connectivity index (χ0) is 15.2. The Kier molecular flexibility index (Phi) is 5.05. The molecule has 0 unspecified atom stereocenters. The lowest BCUT2D eigenvalue weighted by atomic mass is 10.1. The summed E-state index contributed by atoms with van der Waals surface area (Å²) in [5.74, 6) is 0. The lowest BCUT2D eigenvalue weighted by Crippen LogP contribution is -2.17. The Balaban J connectivity index is 2.23. The monoisotopic (exact) mass is 288 g/mol. The minimum atomic E-state index is -0.381. The van der Waals surface area contributed by atoms with Gasteiger partial charge in [-0.25, -0.2) is 0 Å². The van der Waals surface area contributed by atoms with Gasteiger partial charge in [0.2, 0.25) is 0 Å². The van der Waals surface area contributed by atoms with Gasteiger partial charge in [0, 0.05) is 35.4 Å². The molecule has 0 radical (unpaired) electrons. The summed E-state index contributed by atoms with van der Waals surface area (Å²) in [6, 6.07) is 6.70. The van der Waals surface area contributed by atoms with Crippen molar-refractivity contribution in [2.24, 2.45) is 0 Å². The first-order valence-electron chi connectivity index (χ1n) is 7.12.